The highest BCUT2D eigenvalue weighted by molar-refractivity contribution is 5.87. The van der Waals surface area contributed by atoms with Gasteiger partial charge in [0.25, 0.3) is 0 Å². The van der Waals surface area contributed by atoms with E-state index in [-0.39, 0.29) is 0 Å². The molecule has 0 unspecified atom stereocenters. The van der Waals surface area contributed by atoms with Gasteiger partial charge in [0.2, 0.25) is 0 Å². The Bertz CT molecular complexity index is 240. The Morgan fingerprint density at radius 1 is 1.33 bits per heavy atom. The van der Waals surface area contributed by atoms with Crippen LogP contribution in [0.15, 0.2) is 11.6 Å². The van der Waals surface area contributed by atoms with Gasteiger partial charge in [0.05, 0.1) is 0 Å². The fraction of sp³-hybridized carbons (Fsp3) is 0.750. The van der Waals surface area contributed by atoms with Gasteiger partial charge in [0, 0.05) is 12.1 Å². The van der Waals surface area contributed by atoms with Crippen LogP contribution in [0.5, 0.6) is 0 Å². The number of carboxylic acid groups (broad SMARTS) is 1. The highest BCUT2D eigenvalue weighted by atomic mass is 16.4. The molecule has 0 saturated heterocycles. The highest BCUT2D eigenvalue weighted by Crippen LogP contribution is 2.25. The monoisotopic (exact) mass is 211 g/mol. The van der Waals surface area contributed by atoms with Crippen molar-refractivity contribution in [2.24, 2.45) is 5.92 Å². The summed E-state index contributed by atoms with van der Waals surface area (Å²) >= 11 is 0. The van der Waals surface area contributed by atoms with E-state index in [0.717, 1.165) is 12.8 Å². The van der Waals surface area contributed by atoms with Crippen LogP contribution in [0.3, 0.4) is 0 Å². The number of carbonyl (C=O) groups is 1. The summed E-state index contributed by atoms with van der Waals surface area (Å²) in [6.45, 7) is 0.534. The molecule has 0 aromatic rings. The normalized spacial score (nSPS) is 19.5. The summed E-state index contributed by atoms with van der Waals surface area (Å²) < 4.78 is 0. The fourth-order valence-electron chi connectivity index (χ4n) is 2.12. The first-order chi connectivity index (χ1) is 7.09. The van der Waals surface area contributed by atoms with Crippen molar-refractivity contribution in [1.29, 1.82) is 0 Å². The van der Waals surface area contributed by atoms with Crippen molar-refractivity contribution >= 4 is 5.97 Å². The van der Waals surface area contributed by atoms with Crippen LogP contribution in [0.25, 0.3) is 0 Å². The van der Waals surface area contributed by atoms with Gasteiger partial charge >= 0.3 is 5.97 Å². The maximum atomic E-state index is 11.0. The second kappa shape index (κ2) is 5.91. The molecule has 3 heteroatoms. The summed E-state index contributed by atoms with van der Waals surface area (Å²) in [4.78, 5) is 12.9. The second-order valence-electron chi connectivity index (χ2n) is 4.63. The molecule has 0 aromatic carbocycles. The largest absolute Gasteiger partial charge is 0.478 e. The van der Waals surface area contributed by atoms with Crippen LogP contribution in [-0.2, 0) is 4.79 Å². The Balaban J connectivity index is 2.60. The lowest BCUT2D eigenvalue weighted by Crippen LogP contribution is -2.21. The van der Waals surface area contributed by atoms with Crippen molar-refractivity contribution in [2.75, 3.05) is 20.6 Å². The van der Waals surface area contributed by atoms with Gasteiger partial charge in [0.1, 0.15) is 0 Å². The molecule has 0 bridgehead atoms. The van der Waals surface area contributed by atoms with Crippen molar-refractivity contribution < 1.29 is 9.90 Å². The number of hydrogen-bond acceptors (Lipinski definition) is 2. The molecule has 0 aromatic heterocycles. The zero-order chi connectivity index (χ0) is 11.3. The topological polar surface area (TPSA) is 40.5 Å². The summed E-state index contributed by atoms with van der Waals surface area (Å²) in [5.74, 6) is -0.279. The maximum absolute atomic E-state index is 11.0. The standard InChI is InChI=1S/C12H21NO2/c1-13(2)9-11(12(14)15)8-10-6-4-3-5-7-10/h8,10H,3-7,9H2,1-2H3,(H,14,15). The molecule has 1 fully saturated rings. The van der Waals surface area contributed by atoms with Gasteiger partial charge in [-0.3, -0.25) is 0 Å². The molecule has 1 aliphatic carbocycles. The van der Waals surface area contributed by atoms with Crippen molar-refractivity contribution in [1.82, 2.24) is 4.90 Å². The van der Waals surface area contributed by atoms with E-state index >= 15 is 0 Å². The molecule has 0 heterocycles. The molecule has 0 atom stereocenters. The van der Waals surface area contributed by atoms with E-state index in [9.17, 15) is 4.79 Å². The lowest BCUT2D eigenvalue weighted by Gasteiger charge is -2.19. The van der Waals surface area contributed by atoms with E-state index in [4.69, 9.17) is 5.11 Å². The number of carboxylic acids is 1. The second-order valence-corrected chi connectivity index (χ2v) is 4.63. The van der Waals surface area contributed by atoms with E-state index in [1.54, 1.807) is 0 Å². The molecular formula is C12H21NO2. The summed E-state index contributed by atoms with van der Waals surface area (Å²) in [5, 5.41) is 9.06. The summed E-state index contributed by atoms with van der Waals surface area (Å²) in [5.41, 5.74) is 0.548. The SMILES string of the molecule is CN(C)CC(=CC1CCCCC1)C(=O)O. The van der Waals surface area contributed by atoms with Crippen LogP contribution >= 0.6 is 0 Å². The van der Waals surface area contributed by atoms with Gasteiger partial charge in [-0.05, 0) is 32.9 Å². The van der Waals surface area contributed by atoms with Gasteiger partial charge < -0.3 is 10.0 Å². The van der Waals surface area contributed by atoms with E-state index in [2.05, 4.69) is 0 Å². The quantitative estimate of drug-likeness (QED) is 0.724. The van der Waals surface area contributed by atoms with Crippen LogP contribution < -0.4 is 0 Å². The van der Waals surface area contributed by atoms with Gasteiger partial charge in [-0.2, -0.15) is 0 Å². The summed E-state index contributed by atoms with van der Waals surface area (Å²) in [7, 11) is 3.80. The van der Waals surface area contributed by atoms with Crippen LogP contribution in [0, 0.1) is 5.92 Å². The molecule has 0 amide bonds. The first-order valence-electron chi connectivity index (χ1n) is 5.68. The van der Waals surface area contributed by atoms with Gasteiger partial charge in [0.15, 0.2) is 0 Å². The lowest BCUT2D eigenvalue weighted by atomic mass is 9.88. The molecule has 15 heavy (non-hydrogen) atoms. The Morgan fingerprint density at radius 3 is 2.40 bits per heavy atom. The smallest absolute Gasteiger partial charge is 0.332 e. The van der Waals surface area contributed by atoms with Crippen molar-refractivity contribution in [3.05, 3.63) is 11.6 Å². The number of hydrogen-bond donors (Lipinski definition) is 1. The first-order valence-corrected chi connectivity index (χ1v) is 5.68. The van der Waals surface area contributed by atoms with Gasteiger partial charge in [-0.1, -0.05) is 25.3 Å². The average molecular weight is 211 g/mol. The average Bonchev–Trinajstić information content (AvgIpc) is 2.17. The Kier molecular flexibility index (Phi) is 4.82. The number of likely N-dealkylation sites (N-methyl/N-ethyl adjacent to an activating group) is 1. The Morgan fingerprint density at radius 2 is 1.93 bits per heavy atom. The van der Waals surface area contributed by atoms with E-state index < -0.39 is 5.97 Å². The molecule has 0 spiro atoms. The fourth-order valence-corrected chi connectivity index (χ4v) is 2.12. The number of nitrogens with zero attached hydrogens (tertiary/aromatic N) is 1. The Hall–Kier alpha value is -0.830. The van der Waals surface area contributed by atoms with Crippen LogP contribution in [0.4, 0.5) is 0 Å². The van der Waals surface area contributed by atoms with E-state index in [1.165, 1.54) is 19.3 Å². The third-order valence-corrected chi connectivity index (χ3v) is 2.85. The first kappa shape index (κ1) is 12.2. The highest BCUT2D eigenvalue weighted by Gasteiger charge is 2.15. The zero-order valence-electron chi connectivity index (χ0n) is 9.70. The van der Waals surface area contributed by atoms with Crippen molar-refractivity contribution in [2.45, 2.75) is 32.1 Å². The molecule has 86 valence electrons. The van der Waals surface area contributed by atoms with Gasteiger partial charge in [-0.15, -0.1) is 0 Å². The summed E-state index contributed by atoms with van der Waals surface area (Å²) in [6.07, 6.45) is 8.09. The van der Waals surface area contributed by atoms with E-state index in [1.807, 2.05) is 25.1 Å². The molecule has 1 N–H and O–H groups in total. The minimum Gasteiger partial charge on any atom is -0.478 e. The number of allylic oxidation sites excluding steroid dienone is 1. The molecule has 0 aliphatic heterocycles. The number of rotatable bonds is 4. The molecule has 1 aliphatic rings. The van der Waals surface area contributed by atoms with Crippen molar-refractivity contribution in [3.63, 3.8) is 0 Å². The minimum absolute atomic E-state index is 0.491. The number of aliphatic carboxylic acids is 1. The van der Waals surface area contributed by atoms with Crippen molar-refractivity contribution in [3.8, 4) is 0 Å². The lowest BCUT2D eigenvalue weighted by molar-refractivity contribution is -0.132. The maximum Gasteiger partial charge on any atom is 0.332 e. The molecule has 0 radical (unpaired) electrons. The summed E-state index contributed by atoms with van der Waals surface area (Å²) in [6, 6.07) is 0. The third kappa shape index (κ3) is 4.47. The third-order valence-electron chi connectivity index (χ3n) is 2.85. The predicted octanol–water partition coefficient (Wildman–Crippen LogP) is 2.14. The predicted molar refractivity (Wildman–Crippen MR) is 60.8 cm³/mol. The molecule has 3 nitrogen and oxygen atoms in total. The van der Waals surface area contributed by atoms with Crippen LogP contribution in [-0.4, -0.2) is 36.6 Å². The Labute approximate surface area is 91.8 Å². The molecular weight excluding hydrogens is 190 g/mol. The van der Waals surface area contributed by atoms with Crippen LogP contribution in [0.2, 0.25) is 0 Å². The minimum atomic E-state index is -0.769. The molecule has 1 saturated carbocycles. The van der Waals surface area contributed by atoms with Crippen LogP contribution in [0.1, 0.15) is 32.1 Å². The van der Waals surface area contributed by atoms with E-state index in [0.29, 0.717) is 18.0 Å². The zero-order valence-corrected chi connectivity index (χ0v) is 9.70. The van der Waals surface area contributed by atoms with Gasteiger partial charge in [-0.25, -0.2) is 4.79 Å². The molecule has 1 rings (SSSR count).